The van der Waals surface area contributed by atoms with E-state index in [1.54, 1.807) is 0 Å². The number of aliphatic carboxylic acids is 1. The van der Waals surface area contributed by atoms with Gasteiger partial charge in [-0.05, 0) is 77.0 Å². The van der Waals surface area contributed by atoms with Gasteiger partial charge in [-0.25, -0.2) is 4.79 Å². The molecule has 60 heavy (non-hydrogen) atoms. The van der Waals surface area contributed by atoms with E-state index in [4.69, 9.17) is 14.2 Å². The molecule has 0 radical (unpaired) electrons. The minimum absolute atomic E-state index is 0.0520. The van der Waals surface area contributed by atoms with E-state index in [-0.39, 0.29) is 36.2 Å². The van der Waals surface area contributed by atoms with Gasteiger partial charge in [0.2, 0.25) is 0 Å². The first-order valence-corrected chi connectivity index (χ1v) is 24.0. The Morgan fingerprint density at radius 3 is 1.38 bits per heavy atom. The molecular formula is C52H90NO7+. The molecule has 8 nitrogen and oxygen atoms in total. The van der Waals surface area contributed by atoms with E-state index in [1.165, 1.54) is 57.8 Å². The van der Waals surface area contributed by atoms with Crippen molar-refractivity contribution in [2.45, 2.75) is 199 Å². The van der Waals surface area contributed by atoms with Crippen molar-refractivity contribution < 1.29 is 38.2 Å². The summed E-state index contributed by atoms with van der Waals surface area (Å²) in [5.74, 6) is -1.50. The molecule has 1 N–H and O–H groups in total. The fraction of sp³-hybridized carbons (Fsp3) is 0.712. The zero-order valence-corrected chi connectivity index (χ0v) is 39.1. The Kier molecular flexibility index (Phi) is 40.2. The number of carboxylic acids is 1. The van der Waals surface area contributed by atoms with Crippen molar-refractivity contribution in [3.63, 3.8) is 0 Å². The summed E-state index contributed by atoms with van der Waals surface area (Å²) in [6.45, 7) is 4.54. The number of carboxylic acid groups (broad SMARTS) is 1. The summed E-state index contributed by atoms with van der Waals surface area (Å²) in [7, 11) is 5.52. The van der Waals surface area contributed by atoms with Crippen molar-refractivity contribution in [1.29, 1.82) is 0 Å². The van der Waals surface area contributed by atoms with E-state index in [1.807, 2.05) is 21.1 Å². The number of rotatable bonds is 42. The summed E-state index contributed by atoms with van der Waals surface area (Å²) in [6, 6.07) is -0.620. The first-order valence-electron chi connectivity index (χ1n) is 24.0. The first-order chi connectivity index (χ1) is 29.1. The van der Waals surface area contributed by atoms with Crippen LogP contribution in [0, 0.1) is 0 Å². The van der Waals surface area contributed by atoms with Crippen LogP contribution in [0.3, 0.4) is 0 Å². The zero-order chi connectivity index (χ0) is 44.2. The highest BCUT2D eigenvalue weighted by atomic mass is 16.6. The minimum Gasteiger partial charge on any atom is -0.477 e. The van der Waals surface area contributed by atoms with Crippen molar-refractivity contribution in [2.24, 2.45) is 0 Å². The van der Waals surface area contributed by atoms with Gasteiger partial charge in [0.1, 0.15) is 6.61 Å². The second kappa shape index (κ2) is 42.5. The van der Waals surface area contributed by atoms with Gasteiger partial charge in [0, 0.05) is 19.3 Å². The molecule has 8 heteroatoms. The fourth-order valence-corrected chi connectivity index (χ4v) is 6.65. The Labute approximate surface area is 368 Å². The fourth-order valence-electron chi connectivity index (χ4n) is 6.65. The lowest BCUT2D eigenvalue weighted by Crippen LogP contribution is -2.50. The third-order valence-electron chi connectivity index (χ3n) is 10.3. The van der Waals surface area contributed by atoms with Crippen LogP contribution >= 0.6 is 0 Å². The van der Waals surface area contributed by atoms with Crippen LogP contribution in [0.25, 0.3) is 0 Å². The van der Waals surface area contributed by atoms with E-state index >= 15 is 0 Å². The molecule has 0 aromatic rings. The Bertz CT molecular complexity index is 1210. The molecule has 0 amide bonds. The summed E-state index contributed by atoms with van der Waals surface area (Å²) < 4.78 is 17.3. The molecule has 0 fully saturated rings. The number of hydrogen-bond donors (Lipinski definition) is 1. The van der Waals surface area contributed by atoms with Gasteiger partial charge in [0.05, 0.1) is 34.4 Å². The number of esters is 2. The predicted molar refractivity (Wildman–Crippen MR) is 252 cm³/mol. The first kappa shape index (κ1) is 56.8. The monoisotopic (exact) mass is 841 g/mol. The van der Waals surface area contributed by atoms with Crippen LogP contribution in [0.1, 0.15) is 187 Å². The predicted octanol–water partition coefficient (Wildman–Crippen LogP) is 13.5. The number of quaternary nitrogens is 1. The van der Waals surface area contributed by atoms with E-state index in [2.05, 4.69) is 86.8 Å². The molecule has 0 aromatic carbocycles. The molecule has 0 aliphatic heterocycles. The Morgan fingerprint density at radius 2 is 0.933 bits per heavy atom. The lowest BCUT2D eigenvalue weighted by molar-refractivity contribution is -0.887. The zero-order valence-electron chi connectivity index (χ0n) is 39.1. The number of unbranched alkanes of at least 4 members (excludes halogenated alkanes) is 16. The van der Waals surface area contributed by atoms with Gasteiger partial charge in [0.15, 0.2) is 12.1 Å². The van der Waals surface area contributed by atoms with E-state index in [0.717, 1.165) is 96.3 Å². The molecular weight excluding hydrogens is 751 g/mol. The van der Waals surface area contributed by atoms with Gasteiger partial charge in [0.25, 0.3) is 0 Å². The number of carbonyl (C=O) groups is 3. The quantitative estimate of drug-likeness (QED) is 0.0283. The number of likely N-dealkylation sites (N-methyl/N-ethyl adjacent to an activating group) is 1. The van der Waals surface area contributed by atoms with Crippen LogP contribution in [0.5, 0.6) is 0 Å². The standard InChI is InChI=1S/C52H89NO7/c1-6-8-10-12-14-16-18-20-21-22-23-24-25-26-27-28-29-31-33-35-37-39-41-43-51(55)60-48(46-58-45-44-49(52(56)57)53(3,4)5)47-59-50(54)42-40-38-36-34-32-30-19-17-15-13-11-9-7-2/h8,10-11,13-14,16-17,19-21,23-24,48-49H,6-7,9,12,15,18,22,25-47H2,1-5H3/p+1/b10-8-,13-11-,16-14-,19-17-,21-20-,24-23-. The third kappa shape index (κ3) is 40.2. The van der Waals surface area contributed by atoms with Crippen molar-refractivity contribution in [1.82, 2.24) is 0 Å². The molecule has 344 valence electrons. The molecule has 0 aliphatic carbocycles. The molecule has 0 rings (SSSR count). The highest BCUT2D eigenvalue weighted by Gasteiger charge is 2.31. The van der Waals surface area contributed by atoms with E-state index in [0.29, 0.717) is 19.3 Å². The average molecular weight is 841 g/mol. The topological polar surface area (TPSA) is 99.1 Å². The summed E-state index contributed by atoms with van der Waals surface area (Å²) in [5.41, 5.74) is 0. The number of carbonyl (C=O) groups excluding carboxylic acids is 2. The molecule has 0 bridgehead atoms. The normalized spacial score (nSPS) is 13.6. The van der Waals surface area contributed by atoms with Crippen LogP contribution in [0.2, 0.25) is 0 Å². The van der Waals surface area contributed by atoms with Crippen LogP contribution in [0.15, 0.2) is 72.9 Å². The highest BCUT2D eigenvalue weighted by Crippen LogP contribution is 2.14. The number of ether oxygens (including phenoxy) is 3. The van der Waals surface area contributed by atoms with Gasteiger partial charge in [-0.1, -0.05) is 164 Å². The average Bonchev–Trinajstić information content (AvgIpc) is 3.21. The number of nitrogens with zero attached hydrogens (tertiary/aromatic N) is 1. The van der Waals surface area contributed by atoms with Crippen LogP contribution in [0.4, 0.5) is 0 Å². The lowest BCUT2D eigenvalue weighted by atomic mass is 10.0. The Balaban J connectivity index is 4.27. The lowest BCUT2D eigenvalue weighted by Gasteiger charge is -2.31. The molecule has 0 saturated carbocycles. The maximum absolute atomic E-state index is 12.8. The SMILES string of the molecule is CC/C=C\C/C=C\C/C=C\C/C=C\CCCCCCCCCCCCC(=O)OC(COCCC(C(=O)O)[N+](C)(C)C)COC(=O)CCCCCCC/C=C\C/C=C\CCC. The van der Waals surface area contributed by atoms with Crippen molar-refractivity contribution in [2.75, 3.05) is 41.0 Å². The van der Waals surface area contributed by atoms with E-state index in [9.17, 15) is 19.5 Å². The van der Waals surface area contributed by atoms with Gasteiger partial charge < -0.3 is 23.8 Å². The Morgan fingerprint density at radius 1 is 0.517 bits per heavy atom. The van der Waals surface area contributed by atoms with Gasteiger partial charge in [-0.2, -0.15) is 0 Å². The maximum Gasteiger partial charge on any atom is 0.362 e. The smallest absolute Gasteiger partial charge is 0.362 e. The van der Waals surface area contributed by atoms with Gasteiger partial charge >= 0.3 is 17.9 Å². The second-order valence-electron chi connectivity index (χ2n) is 17.0. The van der Waals surface area contributed by atoms with Crippen LogP contribution in [-0.2, 0) is 28.6 Å². The van der Waals surface area contributed by atoms with Crippen molar-refractivity contribution in [3.8, 4) is 0 Å². The summed E-state index contributed by atoms with van der Waals surface area (Å²) in [5, 5.41) is 9.63. The Hall–Kier alpha value is -3.23. The summed E-state index contributed by atoms with van der Waals surface area (Å²) in [4.78, 5) is 37.1. The number of allylic oxidation sites excluding steroid dienone is 12. The third-order valence-corrected chi connectivity index (χ3v) is 10.3. The van der Waals surface area contributed by atoms with Gasteiger partial charge in [-0.15, -0.1) is 0 Å². The molecule has 0 aliphatic rings. The van der Waals surface area contributed by atoms with E-state index < -0.39 is 18.1 Å². The molecule has 0 heterocycles. The van der Waals surface area contributed by atoms with Gasteiger partial charge in [-0.3, -0.25) is 9.59 Å². The molecule has 0 aromatic heterocycles. The van der Waals surface area contributed by atoms with Crippen LogP contribution < -0.4 is 0 Å². The number of hydrogen-bond acceptors (Lipinski definition) is 6. The molecule has 2 atom stereocenters. The highest BCUT2D eigenvalue weighted by molar-refractivity contribution is 5.72. The molecule has 2 unspecified atom stereocenters. The molecule has 0 saturated heterocycles. The largest absolute Gasteiger partial charge is 0.477 e. The summed E-state index contributed by atoms with van der Waals surface area (Å²) >= 11 is 0. The second-order valence-corrected chi connectivity index (χ2v) is 17.0. The maximum atomic E-state index is 12.8. The minimum atomic E-state index is -0.880. The van der Waals surface area contributed by atoms with Crippen molar-refractivity contribution >= 4 is 17.9 Å². The van der Waals surface area contributed by atoms with Crippen molar-refractivity contribution in [3.05, 3.63) is 72.9 Å². The van der Waals surface area contributed by atoms with Crippen LogP contribution in [-0.4, -0.2) is 80.6 Å². The molecule has 0 spiro atoms. The summed E-state index contributed by atoms with van der Waals surface area (Å²) in [6.07, 6.45) is 53.7.